The Morgan fingerprint density at radius 1 is 1.30 bits per heavy atom. The Balaban J connectivity index is 2.14. The Labute approximate surface area is 123 Å². The van der Waals surface area contributed by atoms with Gasteiger partial charge >= 0.3 is 0 Å². The molecule has 0 aliphatic carbocycles. The number of amides is 1. The number of nitrogens with one attached hydrogen (secondary N) is 1. The number of hydrazine groups is 1. The van der Waals surface area contributed by atoms with E-state index >= 15 is 0 Å². The highest BCUT2D eigenvalue weighted by atomic mass is 79.9. The first-order valence-corrected chi connectivity index (χ1v) is 6.57. The van der Waals surface area contributed by atoms with Crippen LogP contribution in [-0.2, 0) is 6.61 Å². The molecule has 0 fully saturated rings. The maximum Gasteiger partial charge on any atom is 0.265 e. The number of hydrogen-bond donors (Lipinski definition) is 2. The van der Waals surface area contributed by atoms with Gasteiger partial charge in [-0.3, -0.25) is 10.2 Å². The molecule has 0 saturated heterocycles. The van der Waals surface area contributed by atoms with Gasteiger partial charge in [0.15, 0.2) is 0 Å². The smallest absolute Gasteiger partial charge is 0.265 e. The van der Waals surface area contributed by atoms with Crippen LogP contribution in [0.5, 0.6) is 5.75 Å². The number of hydrogen-bond acceptors (Lipinski definition) is 3. The summed E-state index contributed by atoms with van der Waals surface area (Å²) in [5.41, 5.74) is 2.56. The minimum atomic E-state index is -0.478. The molecule has 0 aliphatic heterocycles. The minimum Gasteiger partial charge on any atom is -0.489 e. The number of carbonyl (C=O) groups excluding carboxylic acids is 1. The van der Waals surface area contributed by atoms with E-state index in [4.69, 9.17) is 10.6 Å². The second kappa shape index (κ2) is 6.49. The summed E-state index contributed by atoms with van der Waals surface area (Å²) in [6.07, 6.45) is 0. The summed E-state index contributed by atoms with van der Waals surface area (Å²) in [4.78, 5) is 11.4. The van der Waals surface area contributed by atoms with Crippen LogP contribution in [0.2, 0.25) is 0 Å². The third-order valence-electron chi connectivity index (χ3n) is 2.63. The molecule has 3 N–H and O–H groups in total. The number of nitrogen functional groups attached to an aromatic ring is 1. The van der Waals surface area contributed by atoms with E-state index in [-0.39, 0.29) is 17.7 Å². The van der Waals surface area contributed by atoms with Crippen LogP contribution in [0, 0.1) is 5.82 Å². The molecule has 0 atom stereocenters. The lowest BCUT2D eigenvalue weighted by Gasteiger charge is -2.09. The Morgan fingerprint density at radius 3 is 2.80 bits per heavy atom. The highest BCUT2D eigenvalue weighted by Gasteiger charge is 2.09. The average molecular weight is 339 g/mol. The van der Waals surface area contributed by atoms with Crippen molar-refractivity contribution in [2.75, 3.05) is 0 Å². The van der Waals surface area contributed by atoms with E-state index in [0.29, 0.717) is 5.75 Å². The Bertz CT molecular complexity index is 634. The van der Waals surface area contributed by atoms with Crippen LogP contribution in [0.1, 0.15) is 15.9 Å². The quantitative estimate of drug-likeness (QED) is 0.511. The number of rotatable bonds is 4. The molecular formula is C14H12BrFN2O2. The molecular weight excluding hydrogens is 327 g/mol. The van der Waals surface area contributed by atoms with Gasteiger partial charge in [0, 0.05) is 15.6 Å². The van der Waals surface area contributed by atoms with Crippen molar-refractivity contribution in [3.8, 4) is 5.75 Å². The fourth-order valence-electron chi connectivity index (χ4n) is 1.63. The number of ether oxygens (including phenoxy) is 1. The van der Waals surface area contributed by atoms with Gasteiger partial charge < -0.3 is 4.74 Å². The molecule has 20 heavy (non-hydrogen) atoms. The van der Waals surface area contributed by atoms with Gasteiger partial charge in [-0.05, 0) is 36.4 Å². The molecule has 0 spiro atoms. The summed E-state index contributed by atoms with van der Waals surface area (Å²) in [6, 6.07) is 11.2. The summed E-state index contributed by atoms with van der Waals surface area (Å²) in [5.74, 6) is 4.73. The average Bonchev–Trinajstić information content (AvgIpc) is 2.45. The largest absolute Gasteiger partial charge is 0.489 e. The van der Waals surface area contributed by atoms with Crippen molar-refractivity contribution in [2.24, 2.45) is 5.84 Å². The summed E-state index contributed by atoms with van der Waals surface area (Å²) >= 11 is 3.32. The lowest BCUT2D eigenvalue weighted by Crippen LogP contribution is -2.30. The zero-order valence-electron chi connectivity index (χ0n) is 10.4. The van der Waals surface area contributed by atoms with Gasteiger partial charge in [0.05, 0.1) is 0 Å². The van der Waals surface area contributed by atoms with Crippen molar-refractivity contribution in [1.29, 1.82) is 0 Å². The maximum absolute atomic E-state index is 13.7. The third-order valence-corrected chi connectivity index (χ3v) is 3.12. The fraction of sp³-hybridized carbons (Fsp3) is 0.0714. The topological polar surface area (TPSA) is 64.3 Å². The summed E-state index contributed by atoms with van der Waals surface area (Å²) < 4.78 is 20.0. The molecule has 0 aromatic heterocycles. The van der Waals surface area contributed by atoms with Gasteiger partial charge in [-0.25, -0.2) is 10.2 Å². The molecule has 2 aromatic rings. The Morgan fingerprint density at radius 2 is 2.10 bits per heavy atom. The predicted octanol–water partition coefficient (Wildman–Crippen LogP) is 2.77. The minimum absolute atomic E-state index is 0.0218. The van der Waals surface area contributed by atoms with E-state index in [2.05, 4.69) is 15.9 Å². The van der Waals surface area contributed by atoms with Crippen LogP contribution in [0.15, 0.2) is 46.9 Å². The molecule has 0 heterocycles. The van der Waals surface area contributed by atoms with Crippen molar-refractivity contribution < 1.29 is 13.9 Å². The van der Waals surface area contributed by atoms with Gasteiger partial charge in [-0.2, -0.15) is 0 Å². The highest BCUT2D eigenvalue weighted by molar-refractivity contribution is 9.10. The van der Waals surface area contributed by atoms with Crippen molar-refractivity contribution in [3.63, 3.8) is 0 Å². The van der Waals surface area contributed by atoms with Crippen molar-refractivity contribution >= 4 is 21.8 Å². The first-order valence-electron chi connectivity index (χ1n) is 5.78. The number of halogens is 2. The van der Waals surface area contributed by atoms with Crippen molar-refractivity contribution in [3.05, 3.63) is 63.9 Å². The SMILES string of the molecule is NNC(=O)c1ccc(F)c(COc2cccc(Br)c2)c1. The molecule has 2 rings (SSSR count). The van der Waals surface area contributed by atoms with Gasteiger partial charge in [-0.15, -0.1) is 0 Å². The van der Waals surface area contributed by atoms with E-state index in [0.717, 1.165) is 4.47 Å². The third kappa shape index (κ3) is 3.55. The molecule has 2 aromatic carbocycles. The van der Waals surface area contributed by atoms with Crippen LogP contribution in [0.4, 0.5) is 4.39 Å². The van der Waals surface area contributed by atoms with E-state index in [1.54, 1.807) is 12.1 Å². The van der Waals surface area contributed by atoms with Crippen LogP contribution < -0.4 is 16.0 Å². The van der Waals surface area contributed by atoms with E-state index in [1.165, 1.54) is 18.2 Å². The van der Waals surface area contributed by atoms with Crippen molar-refractivity contribution in [1.82, 2.24) is 5.43 Å². The Kier molecular flexibility index (Phi) is 4.70. The van der Waals surface area contributed by atoms with Gasteiger partial charge in [0.25, 0.3) is 5.91 Å². The van der Waals surface area contributed by atoms with E-state index < -0.39 is 11.7 Å². The fourth-order valence-corrected chi connectivity index (χ4v) is 2.01. The highest BCUT2D eigenvalue weighted by Crippen LogP contribution is 2.20. The Hall–Kier alpha value is -1.92. The maximum atomic E-state index is 13.7. The van der Waals surface area contributed by atoms with E-state index in [9.17, 15) is 9.18 Å². The lowest BCUT2D eigenvalue weighted by molar-refractivity contribution is 0.0953. The molecule has 0 aliphatic rings. The molecule has 6 heteroatoms. The first kappa shape index (κ1) is 14.5. The number of benzene rings is 2. The summed E-state index contributed by atoms with van der Waals surface area (Å²) in [6.45, 7) is 0.0218. The molecule has 4 nitrogen and oxygen atoms in total. The number of nitrogens with two attached hydrogens (primary N) is 1. The molecule has 0 bridgehead atoms. The van der Waals surface area contributed by atoms with Crippen LogP contribution in [0.3, 0.4) is 0 Å². The van der Waals surface area contributed by atoms with Crippen LogP contribution in [-0.4, -0.2) is 5.91 Å². The van der Waals surface area contributed by atoms with Gasteiger partial charge in [0.2, 0.25) is 0 Å². The molecule has 104 valence electrons. The molecule has 1 amide bonds. The van der Waals surface area contributed by atoms with Gasteiger partial charge in [0.1, 0.15) is 18.2 Å². The lowest BCUT2D eigenvalue weighted by atomic mass is 10.1. The normalized spacial score (nSPS) is 10.2. The van der Waals surface area contributed by atoms with Gasteiger partial charge in [-0.1, -0.05) is 22.0 Å². The zero-order chi connectivity index (χ0) is 14.5. The zero-order valence-corrected chi connectivity index (χ0v) is 12.0. The second-order valence-electron chi connectivity index (χ2n) is 4.03. The monoisotopic (exact) mass is 338 g/mol. The number of carbonyl (C=O) groups is 1. The van der Waals surface area contributed by atoms with E-state index in [1.807, 2.05) is 17.6 Å². The summed E-state index contributed by atoms with van der Waals surface area (Å²) in [7, 11) is 0. The standard InChI is InChI=1S/C14H12BrFN2O2/c15-11-2-1-3-12(7-11)20-8-10-6-9(14(19)18-17)4-5-13(10)16/h1-7H,8,17H2,(H,18,19). The molecule has 0 radical (unpaired) electrons. The predicted molar refractivity (Wildman–Crippen MR) is 76.5 cm³/mol. The molecule has 0 saturated carbocycles. The van der Waals surface area contributed by atoms with Crippen molar-refractivity contribution in [2.45, 2.75) is 6.61 Å². The van der Waals surface area contributed by atoms with Crippen LogP contribution in [0.25, 0.3) is 0 Å². The first-order chi connectivity index (χ1) is 9.60. The van der Waals surface area contributed by atoms with Crippen LogP contribution >= 0.6 is 15.9 Å². The second-order valence-corrected chi connectivity index (χ2v) is 4.94. The summed E-state index contributed by atoms with van der Waals surface area (Å²) in [5, 5.41) is 0. The molecule has 0 unspecified atom stereocenters.